The highest BCUT2D eigenvalue weighted by Gasteiger charge is 2.11. The number of hydrogen-bond donors (Lipinski definition) is 1. The summed E-state index contributed by atoms with van der Waals surface area (Å²) in [7, 11) is 1.62. The molecule has 2 aromatic rings. The molecule has 106 valence electrons. The van der Waals surface area contributed by atoms with E-state index in [0.29, 0.717) is 12.2 Å². The zero-order chi connectivity index (χ0) is 14.5. The normalized spacial score (nSPS) is 12.2. The molecule has 1 N–H and O–H groups in total. The highest BCUT2D eigenvalue weighted by molar-refractivity contribution is 5.95. The lowest BCUT2D eigenvalue weighted by atomic mass is 10.1. The molecule has 1 atom stereocenters. The first-order chi connectivity index (χ1) is 9.61. The minimum absolute atomic E-state index is 0.0103. The highest BCUT2D eigenvalue weighted by atomic mass is 16.5. The molecule has 0 radical (unpaired) electrons. The van der Waals surface area contributed by atoms with Gasteiger partial charge in [0.2, 0.25) is 0 Å². The SMILES string of the molecule is COCC(C)NC(=O)c1ccc(C)c(-n2cccc2)c1. The van der Waals surface area contributed by atoms with Gasteiger partial charge in [-0.05, 0) is 43.7 Å². The minimum atomic E-state index is -0.0806. The first kappa shape index (κ1) is 14.3. The van der Waals surface area contributed by atoms with Gasteiger partial charge in [0.15, 0.2) is 0 Å². The van der Waals surface area contributed by atoms with E-state index in [-0.39, 0.29) is 11.9 Å². The first-order valence-electron chi connectivity index (χ1n) is 6.65. The van der Waals surface area contributed by atoms with E-state index in [1.807, 2.05) is 61.1 Å². The summed E-state index contributed by atoms with van der Waals surface area (Å²) in [5.74, 6) is -0.0806. The average Bonchev–Trinajstić information content (AvgIpc) is 2.93. The quantitative estimate of drug-likeness (QED) is 0.909. The van der Waals surface area contributed by atoms with Crippen molar-refractivity contribution >= 4 is 5.91 Å². The third-order valence-corrected chi connectivity index (χ3v) is 3.15. The van der Waals surface area contributed by atoms with Crippen LogP contribution < -0.4 is 5.32 Å². The molecule has 0 aliphatic heterocycles. The lowest BCUT2D eigenvalue weighted by Crippen LogP contribution is -2.35. The summed E-state index contributed by atoms with van der Waals surface area (Å²) in [5.41, 5.74) is 2.80. The minimum Gasteiger partial charge on any atom is -0.383 e. The number of amides is 1. The first-order valence-corrected chi connectivity index (χ1v) is 6.65. The van der Waals surface area contributed by atoms with Crippen molar-refractivity contribution in [1.29, 1.82) is 0 Å². The third-order valence-electron chi connectivity index (χ3n) is 3.15. The Morgan fingerprint density at radius 1 is 1.35 bits per heavy atom. The Bertz CT molecular complexity index is 576. The van der Waals surface area contributed by atoms with Crippen LogP contribution in [0.25, 0.3) is 5.69 Å². The topological polar surface area (TPSA) is 43.3 Å². The summed E-state index contributed by atoms with van der Waals surface area (Å²) in [6.45, 7) is 4.45. The molecule has 4 nitrogen and oxygen atoms in total. The molecule has 20 heavy (non-hydrogen) atoms. The molecule has 0 aliphatic carbocycles. The van der Waals surface area contributed by atoms with Crippen molar-refractivity contribution in [2.45, 2.75) is 19.9 Å². The van der Waals surface area contributed by atoms with Crippen molar-refractivity contribution in [2.75, 3.05) is 13.7 Å². The lowest BCUT2D eigenvalue weighted by molar-refractivity contribution is 0.0905. The fourth-order valence-corrected chi connectivity index (χ4v) is 2.12. The van der Waals surface area contributed by atoms with Gasteiger partial charge in [-0.25, -0.2) is 0 Å². The number of carbonyl (C=O) groups is 1. The van der Waals surface area contributed by atoms with Gasteiger partial charge in [0.1, 0.15) is 0 Å². The van der Waals surface area contributed by atoms with E-state index in [2.05, 4.69) is 5.32 Å². The van der Waals surface area contributed by atoms with Crippen molar-refractivity contribution in [3.8, 4) is 5.69 Å². The van der Waals surface area contributed by atoms with Crippen molar-refractivity contribution in [1.82, 2.24) is 9.88 Å². The molecule has 0 fully saturated rings. The van der Waals surface area contributed by atoms with Crippen LogP contribution in [0.5, 0.6) is 0 Å². The second-order valence-corrected chi connectivity index (χ2v) is 4.92. The lowest BCUT2D eigenvalue weighted by Gasteiger charge is -2.14. The summed E-state index contributed by atoms with van der Waals surface area (Å²) in [5, 5.41) is 2.92. The molecule has 2 rings (SSSR count). The smallest absolute Gasteiger partial charge is 0.251 e. The van der Waals surface area contributed by atoms with Crippen LogP contribution in [0.1, 0.15) is 22.8 Å². The highest BCUT2D eigenvalue weighted by Crippen LogP contribution is 2.16. The van der Waals surface area contributed by atoms with Gasteiger partial charge in [0.25, 0.3) is 5.91 Å². The maximum atomic E-state index is 12.2. The number of carbonyl (C=O) groups excluding carboxylic acids is 1. The zero-order valence-corrected chi connectivity index (χ0v) is 12.1. The van der Waals surface area contributed by atoms with E-state index < -0.39 is 0 Å². The van der Waals surface area contributed by atoms with Crippen molar-refractivity contribution < 1.29 is 9.53 Å². The summed E-state index contributed by atoms with van der Waals surface area (Å²) in [6.07, 6.45) is 3.94. The Balaban J connectivity index is 2.21. The van der Waals surface area contributed by atoms with E-state index >= 15 is 0 Å². The van der Waals surface area contributed by atoms with E-state index in [1.165, 1.54) is 0 Å². The maximum absolute atomic E-state index is 12.2. The van der Waals surface area contributed by atoms with Crippen LogP contribution >= 0.6 is 0 Å². The van der Waals surface area contributed by atoms with Gasteiger partial charge >= 0.3 is 0 Å². The monoisotopic (exact) mass is 272 g/mol. The van der Waals surface area contributed by atoms with Crippen LogP contribution in [0.15, 0.2) is 42.7 Å². The predicted molar refractivity (Wildman–Crippen MR) is 79.3 cm³/mol. The number of ether oxygens (including phenoxy) is 1. The number of aromatic nitrogens is 1. The van der Waals surface area contributed by atoms with Gasteiger partial charge in [-0.3, -0.25) is 4.79 Å². The summed E-state index contributed by atoms with van der Waals surface area (Å²) >= 11 is 0. The van der Waals surface area contributed by atoms with E-state index in [1.54, 1.807) is 7.11 Å². The Kier molecular flexibility index (Phi) is 4.58. The third kappa shape index (κ3) is 3.27. The van der Waals surface area contributed by atoms with E-state index in [0.717, 1.165) is 11.3 Å². The molecule has 0 aliphatic rings. The van der Waals surface area contributed by atoms with Gasteiger partial charge in [-0.2, -0.15) is 0 Å². The van der Waals surface area contributed by atoms with Gasteiger partial charge < -0.3 is 14.6 Å². The predicted octanol–water partition coefficient (Wildman–Crippen LogP) is 2.55. The molecule has 1 aromatic heterocycles. The van der Waals surface area contributed by atoms with Crippen LogP contribution in [0.4, 0.5) is 0 Å². The van der Waals surface area contributed by atoms with Gasteiger partial charge in [0.05, 0.1) is 6.61 Å². The molecule has 0 bridgehead atoms. The summed E-state index contributed by atoms with van der Waals surface area (Å²) in [6, 6.07) is 9.63. The van der Waals surface area contributed by atoms with E-state index in [9.17, 15) is 4.79 Å². The van der Waals surface area contributed by atoms with Gasteiger partial charge in [0, 0.05) is 36.8 Å². The number of rotatable bonds is 5. The molecule has 1 heterocycles. The fraction of sp³-hybridized carbons (Fsp3) is 0.312. The van der Waals surface area contributed by atoms with Gasteiger partial charge in [-0.1, -0.05) is 6.07 Å². The van der Waals surface area contributed by atoms with E-state index in [4.69, 9.17) is 4.74 Å². The van der Waals surface area contributed by atoms with Crippen LogP contribution in [0.3, 0.4) is 0 Å². The number of benzene rings is 1. The molecule has 0 spiro atoms. The van der Waals surface area contributed by atoms with Crippen molar-refractivity contribution in [2.24, 2.45) is 0 Å². The zero-order valence-electron chi connectivity index (χ0n) is 12.1. The molecular formula is C16H20N2O2. The number of nitrogens with zero attached hydrogens (tertiary/aromatic N) is 1. The Labute approximate surface area is 119 Å². The Morgan fingerprint density at radius 2 is 2.05 bits per heavy atom. The van der Waals surface area contributed by atoms with Crippen molar-refractivity contribution in [3.05, 3.63) is 53.9 Å². The maximum Gasteiger partial charge on any atom is 0.251 e. The molecule has 1 aromatic carbocycles. The average molecular weight is 272 g/mol. The van der Waals surface area contributed by atoms with Crippen LogP contribution in [-0.2, 0) is 4.74 Å². The summed E-state index contributed by atoms with van der Waals surface area (Å²) in [4.78, 5) is 12.2. The molecular weight excluding hydrogens is 252 g/mol. The number of methoxy groups -OCH3 is 1. The molecule has 1 amide bonds. The summed E-state index contributed by atoms with van der Waals surface area (Å²) < 4.78 is 7.03. The molecule has 1 unspecified atom stereocenters. The van der Waals surface area contributed by atoms with Crippen LogP contribution in [-0.4, -0.2) is 30.2 Å². The molecule has 4 heteroatoms. The van der Waals surface area contributed by atoms with Gasteiger partial charge in [-0.15, -0.1) is 0 Å². The molecule has 0 saturated heterocycles. The largest absolute Gasteiger partial charge is 0.383 e. The number of hydrogen-bond acceptors (Lipinski definition) is 2. The Hall–Kier alpha value is -2.07. The Morgan fingerprint density at radius 3 is 2.70 bits per heavy atom. The van der Waals surface area contributed by atoms with Crippen LogP contribution in [0.2, 0.25) is 0 Å². The standard InChI is InChI=1S/C16H20N2O2/c1-12-6-7-14(16(19)17-13(2)11-20-3)10-15(12)18-8-4-5-9-18/h4-10,13H,11H2,1-3H3,(H,17,19). The second-order valence-electron chi connectivity index (χ2n) is 4.92. The van der Waals surface area contributed by atoms with Crippen LogP contribution in [0, 0.1) is 6.92 Å². The van der Waals surface area contributed by atoms with Crippen molar-refractivity contribution in [3.63, 3.8) is 0 Å². The number of nitrogens with one attached hydrogen (secondary N) is 1. The number of aryl methyl sites for hydroxylation is 1. The second kappa shape index (κ2) is 6.39. The molecule has 0 saturated carbocycles. The fourth-order valence-electron chi connectivity index (χ4n) is 2.12.